The van der Waals surface area contributed by atoms with Gasteiger partial charge in [-0.05, 0) is 26.8 Å². The molecule has 5 nitrogen and oxygen atoms in total. The highest BCUT2D eigenvalue weighted by Gasteiger charge is 2.27. The topological polar surface area (TPSA) is 75.4 Å². The summed E-state index contributed by atoms with van der Waals surface area (Å²) in [4.78, 5) is 25.2. The molecule has 0 aliphatic rings. The molecule has 0 aromatic heterocycles. The van der Waals surface area contributed by atoms with Crippen molar-refractivity contribution in [2.45, 2.75) is 34.1 Å². The van der Waals surface area contributed by atoms with Gasteiger partial charge < -0.3 is 16.0 Å². The van der Waals surface area contributed by atoms with Crippen LogP contribution in [-0.4, -0.2) is 42.9 Å². The van der Waals surface area contributed by atoms with Gasteiger partial charge in [0.2, 0.25) is 11.8 Å². The van der Waals surface area contributed by atoms with Crippen LogP contribution in [0.3, 0.4) is 0 Å². The van der Waals surface area contributed by atoms with Gasteiger partial charge in [0.15, 0.2) is 0 Å². The Bertz CT molecular complexity index is 260. The van der Waals surface area contributed by atoms with E-state index < -0.39 is 5.41 Å². The Morgan fingerprint density at radius 1 is 1.24 bits per heavy atom. The first-order valence-electron chi connectivity index (χ1n) is 6.15. The van der Waals surface area contributed by atoms with Gasteiger partial charge in [-0.1, -0.05) is 13.8 Å². The zero-order chi connectivity index (χ0) is 13.5. The van der Waals surface area contributed by atoms with Crippen molar-refractivity contribution in [1.29, 1.82) is 0 Å². The highest BCUT2D eigenvalue weighted by molar-refractivity contribution is 5.87. The van der Waals surface area contributed by atoms with Crippen molar-refractivity contribution in [3.05, 3.63) is 0 Å². The summed E-state index contributed by atoms with van der Waals surface area (Å²) in [6.07, 6.45) is 0.609. The highest BCUT2D eigenvalue weighted by Crippen LogP contribution is 2.18. The average molecular weight is 243 g/mol. The third-order valence-corrected chi connectivity index (χ3v) is 2.90. The van der Waals surface area contributed by atoms with Crippen LogP contribution in [0.5, 0.6) is 0 Å². The summed E-state index contributed by atoms with van der Waals surface area (Å²) in [6.45, 7) is 9.35. The van der Waals surface area contributed by atoms with Crippen molar-refractivity contribution in [3.8, 4) is 0 Å². The molecule has 0 heterocycles. The van der Waals surface area contributed by atoms with E-state index in [-0.39, 0.29) is 18.4 Å². The SMILES string of the molecule is CCN(CC)C(=O)CNC(=O)C(C)(C)CCN. The van der Waals surface area contributed by atoms with Crippen LogP contribution in [0.1, 0.15) is 34.1 Å². The number of hydrogen-bond acceptors (Lipinski definition) is 3. The molecule has 0 aliphatic carbocycles. The summed E-state index contributed by atoms with van der Waals surface area (Å²) in [5.74, 6) is -0.171. The first-order chi connectivity index (χ1) is 7.88. The molecule has 0 fully saturated rings. The van der Waals surface area contributed by atoms with Gasteiger partial charge in [0.05, 0.1) is 6.54 Å². The Morgan fingerprint density at radius 2 is 1.76 bits per heavy atom. The van der Waals surface area contributed by atoms with Crippen LogP contribution < -0.4 is 11.1 Å². The fourth-order valence-corrected chi connectivity index (χ4v) is 1.56. The monoisotopic (exact) mass is 243 g/mol. The minimum absolute atomic E-state index is 0.0492. The molecule has 0 spiro atoms. The van der Waals surface area contributed by atoms with E-state index in [0.29, 0.717) is 26.1 Å². The minimum atomic E-state index is -0.516. The molecule has 0 saturated carbocycles. The fourth-order valence-electron chi connectivity index (χ4n) is 1.56. The lowest BCUT2D eigenvalue weighted by Gasteiger charge is -2.24. The van der Waals surface area contributed by atoms with E-state index >= 15 is 0 Å². The van der Waals surface area contributed by atoms with Crippen molar-refractivity contribution in [3.63, 3.8) is 0 Å². The Hall–Kier alpha value is -1.10. The standard InChI is InChI=1S/C12H25N3O2/c1-5-15(6-2)10(16)9-14-11(17)12(3,4)7-8-13/h5-9,13H2,1-4H3,(H,14,17). The van der Waals surface area contributed by atoms with Crippen LogP contribution in [-0.2, 0) is 9.59 Å². The van der Waals surface area contributed by atoms with Crippen LogP contribution in [0.15, 0.2) is 0 Å². The van der Waals surface area contributed by atoms with Crippen LogP contribution in [0.25, 0.3) is 0 Å². The maximum absolute atomic E-state index is 11.8. The van der Waals surface area contributed by atoms with Gasteiger partial charge in [-0.25, -0.2) is 0 Å². The number of nitrogens with two attached hydrogens (primary N) is 1. The second-order valence-electron chi connectivity index (χ2n) is 4.67. The summed E-state index contributed by atoms with van der Waals surface area (Å²) in [5.41, 5.74) is 4.93. The number of carbonyl (C=O) groups excluding carboxylic acids is 2. The predicted octanol–water partition coefficient (Wildman–Crippen LogP) is 0.346. The molecule has 2 amide bonds. The average Bonchev–Trinajstić information content (AvgIpc) is 2.27. The van der Waals surface area contributed by atoms with E-state index in [9.17, 15) is 9.59 Å². The lowest BCUT2D eigenvalue weighted by atomic mass is 9.88. The zero-order valence-electron chi connectivity index (χ0n) is 11.4. The summed E-state index contributed by atoms with van der Waals surface area (Å²) in [6, 6.07) is 0. The summed E-state index contributed by atoms with van der Waals surface area (Å²) < 4.78 is 0. The second-order valence-corrected chi connectivity index (χ2v) is 4.67. The van der Waals surface area contributed by atoms with E-state index in [1.165, 1.54) is 0 Å². The van der Waals surface area contributed by atoms with Gasteiger partial charge in [-0.3, -0.25) is 9.59 Å². The van der Waals surface area contributed by atoms with Crippen molar-refractivity contribution in [2.24, 2.45) is 11.1 Å². The molecule has 0 radical (unpaired) electrons. The first kappa shape index (κ1) is 15.9. The van der Waals surface area contributed by atoms with Gasteiger partial charge in [0, 0.05) is 18.5 Å². The van der Waals surface area contributed by atoms with E-state index in [1.807, 2.05) is 27.7 Å². The molecule has 17 heavy (non-hydrogen) atoms. The molecule has 100 valence electrons. The molecule has 0 aromatic rings. The Balaban J connectivity index is 4.20. The quantitative estimate of drug-likeness (QED) is 0.677. The van der Waals surface area contributed by atoms with Gasteiger partial charge in [-0.15, -0.1) is 0 Å². The van der Waals surface area contributed by atoms with Gasteiger partial charge in [0.1, 0.15) is 0 Å². The summed E-state index contributed by atoms with van der Waals surface area (Å²) >= 11 is 0. The zero-order valence-corrected chi connectivity index (χ0v) is 11.4. The molecule has 0 atom stereocenters. The Morgan fingerprint density at radius 3 is 2.18 bits per heavy atom. The lowest BCUT2D eigenvalue weighted by molar-refractivity contribution is -0.135. The number of carbonyl (C=O) groups is 2. The minimum Gasteiger partial charge on any atom is -0.347 e. The van der Waals surface area contributed by atoms with Crippen molar-refractivity contribution < 1.29 is 9.59 Å². The maximum atomic E-state index is 11.8. The van der Waals surface area contributed by atoms with Crippen LogP contribution in [0.2, 0.25) is 0 Å². The lowest BCUT2D eigenvalue weighted by Crippen LogP contribution is -2.44. The Labute approximate surface area is 104 Å². The van der Waals surface area contributed by atoms with E-state index in [1.54, 1.807) is 4.90 Å². The number of rotatable bonds is 7. The molecule has 0 bridgehead atoms. The van der Waals surface area contributed by atoms with Crippen molar-refractivity contribution >= 4 is 11.8 Å². The number of hydrogen-bond donors (Lipinski definition) is 2. The normalized spacial score (nSPS) is 11.1. The van der Waals surface area contributed by atoms with Crippen LogP contribution >= 0.6 is 0 Å². The fraction of sp³-hybridized carbons (Fsp3) is 0.833. The van der Waals surface area contributed by atoms with Gasteiger partial charge in [-0.2, -0.15) is 0 Å². The van der Waals surface area contributed by atoms with Crippen LogP contribution in [0, 0.1) is 5.41 Å². The third kappa shape index (κ3) is 5.17. The Kier molecular flexibility index (Phi) is 6.80. The number of nitrogens with one attached hydrogen (secondary N) is 1. The van der Waals surface area contributed by atoms with E-state index in [4.69, 9.17) is 5.73 Å². The number of likely N-dealkylation sites (N-methyl/N-ethyl adjacent to an activating group) is 1. The molecule has 3 N–H and O–H groups in total. The third-order valence-electron chi connectivity index (χ3n) is 2.90. The molecule has 0 saturated heterocycles. The molecular weight excluding hydrogens is 218 g/mol. The largest absolute Gasteiger partial charge is 0.347 e. The molecule has 0 rings (SSSR count). The summed E-state index contributed by atoms with van der Waals surface area (Å²) in [5, 5.41) is 2.67. The maximum Gasteiger partial charge on any atom is 0.241 e. The molecule has 5 heteroatoms. The van der Waals surface area contributed by atoms with Crippen molar-refractivity contribution in [1.82, 2.24) is 10.2 Å². The van der Waals surface area contributed by atoms with Gasteiger partial charge in [0.25, 0.3) is 0 Å². The highest BCUT2D eigenvalue weighted by atomic mass is 16.2. The molecular formula is C12H25N3O2. The first-order valence-corrected chi connectivity index (χ1v) is 6.15. The molecule has 0 aliphatic heterocycles. The second kappa shape index (κ2) is 7.27. The van der Waals surface area contributed by atoms with Gasteiger partial charge >= 0.3 is 0 Å². The van der Waals surface area contributed by atoms with Crippen molar-refractivity contribution in [2.75, 3.05) is 26.2 Å². The smallest absolute Gasteiger partial charge is 0.241 e. The number of amides is 2. The molecule has 0 unspecified atom stereocenters. The van der Waals surface area contributed by atoms with E-state index in [2.05, 4.69) is 5.32 Å². The van der Waals surface area contributed by atoms with Crippen LogP contribution in [0.4, 0.5) is 0 Å². The number of nitrogens with zero attached hydrogens (tertiary/aromatic N) is 1. The molecule has 0 aromatic carbocycles. The predicted molar refractivity (Wildman–Crippen MR) is 68.4 cm³/mol. The summed E-state index contributed by atoms with van der Waals surface area (Å²) in [7, 11) is 0. The van der Waals surface area contributed by atoms with E-state index in [0.717, 1.165) is 0 Å².